The van der Waals surface area contributed by atoms with Crippen molar-refractivity contribution in [2.45, 2.75) is 77.0 Å². The van der Waals surface area contributed by atoms with Gasteiger partial charge in [-0.25, -0.2) is 9.59 Å². The Labute approximate surface area is 394 Å². The van der Waals surface area contributed by atoms with Crippen molar-refractivity contribution in [1.29, 1.82) is 16.2 Å². The molecule has 4 aromatic carbocycles. The summed E-state index contributed by atoms with van der Waals surface area (Å²) in [6.45, 7) is 13.1. The first-order valence-electron chi connectivity index (χ1n) is 22.7. The topological polar surface area (TPSA) is 192 Å². The van der Waals surface area contributed by atoms with Crippen LogP contribution in [0.1, 0.15) is 93.7 Å². The molecule has 0 saturated heterocycles. The molecule has 14 heteroatoms. The van der Waals surface area contributed by atoms with Crippen molar-refractivity contribution in [3.8, 4) is 28.7 Å². The van der Waals surface area contributed by atoms with E-state index in [9.17, 15) is 9.59 Å². The Balaban J connectivity index is 1.44. The van der Waals surface area contributed by atoms with E-state index in [2.05, 4.69) is 24.7 Å². The second kappa shape index (κ2) is 30.1. The Hall–Kier alpha value is -7.22. The summed E-state index contributed by atoms with van der Waals surface area (Å²) in [7, 11) is 1.64. The molecule has 0 unspecified atom stereocenters. The Morgan fingerprint density at radius 2 is 0.940 bits per heavy atom. The highest BCUT2D eigenvalue weighted by Gasteiger charge is 2.19. The third kappa shape index (κ3) is 19.0. The van der Waals surface area contributed by atoms with E-state index in [0.29, 0.717) is 95.9 Å². The zero-order valence-corrected chi connectivity index (χ0v) is 38.6. The number of aliphatic imine (C=N–C) groups is 1. The molecule has 4 aromatic rings. The largest absolute Gasteiger partial charge is 0.494 e. The molecular formula is C53H64N4O10. The van der Waals surface area contributed by atoms with Gasteiger partial charge in [-0.05, 0) is 156 Å². The molecule has 0 bridgehead atoms. The average Bonchev–Trinajstić information content (AvgIpc) is 3.34. The molecule has 14 nitrogen and oxygen atoms in total. The van der Waals surface area contributed by atoms with Crippen LogP contribution in [0.4, 0.5) is 0 Å². The van der Waals surface area contributed by atoms with E-state index in [0.717, 1.165) is 89.2 Å². The second-order valence-electron chi connectivity index (χ2n) is 15.2. The number of unbranched alkanes of at least 4 members (excludes halogenated alkanes) is 9. The standard InChI is InChI=1S/C53H64N4O10/c1-5-48(54)63-33-17-11-8-16-32-62-44-28-29-45-46(37-44)51(67-53(56)40-22-26-43(27-23-40)61-31-15-10-13-19-35-65-50(59)7-3)41(38-57-4)36-47(45)66-52(55)39-20-24-42(25-21-39)60-30-14-9-12-18-34-64-49(58)6-2/h5-7,20-29,36-38,54-56H,1-3,8-19,30-35H2,4H3. The molecule has 0 radical (unpaired) electrons. The van der Waals surface area contributed by atoms with E-state index in [1.165, 1.54) is 6.08 Å². The zero-order chi connectivity index (χ0) is 48.1. The Kier molecular flexibility index (Phi) is 23.5. The monoisotopic (exact) mass is 916 g/mol. The summed E-state index contributed by atoms with van der Waals surface area (Å²) in [6.07, 6.45) is 15.8. The minimum atomic E-state index is -0.409. The van der Waals surface area contributed by atoms with Gasteiger partial charge >= 0.3 is 11.9 Å². The number of esters is 2. The van der Waals surface area contributed by atoms with Gasteiger partial charge in [-0.1, -0.05) is 19.7 Å². The molecule has 0 aromatic heterocycles. The molecular weight excluding hydrogens is 853 g/mol. The Bertz CT molecular complexity index is 2290. The number of benzene rings is 4. The highest BCUT2D eigenvalue weighted by molar-refractivity contribution is 6.06. The maximum Gasteiger partial charge on any atom is 0.330 e. The number of carbonyl (C=O) groups excluding carboxylic acids is 2. The summed E-state index contributed by atoms with van der Waals surface area (Å²) in [5.41, 5.74) is 1.61. The summed E-state index contributed by atoms with van der Waals surface area (Å²) in [5.74, 6) is 1.80. The summed E-state index contributed by atoms with van der Waals surface area (Å²) < 4.78 is 46.0. The van der Waals surface area contributed by atoms with Crippen molar-refractivity contribution >= 4 is 46.6 Å². The van der Waals surface area contributed by atoms with Gasteiger partial charge in [-0.3, -0.25) is 21.2 Å². The van der Waals surface area contributed by atoms with E-state index in [1.54, 1.807) is 67.9 Å². The Morgan fingerprint density at radius 1 is 0.507 bits per heavy atom. The molecule has 0 amide bonds. The molecule has 0 atom stereocenters. The normalized spacial score (nSPS) is 10.8. The lowest BCUT2D eigenvalue weighted by molar-refractivity contribution is -0.138. The van der Waals surface area contributed by atoms with Crippen LogP contribution in [0.5, 0.6) is 28.7 Å². The van der Waals surface area contributed by atoms with Gasteiger partial charge in [0.15, 0.2) is 0 Å². The first-order chi connectivity index (χ1) is 32.6. The van der Waals surface area contributed by atoms with E-state index in [1.807, 2.05) is 18.2 Å². The molecule has 67 heavy (non-hydrogen) atoms. The van der Waals surface area contributed by atoms with Crippen LogP contribution in [0, 0.1) is 16.2 Å². The van der Waals surface area contributed by atoms with Crippen molar-refractivity contribution < 1.29 is 47.5 Å². The Morgan fingerprint density at radius 3 is 1.40 bits per heavy atom. The van der Waals surface area contributed by atoms with Gasteiger partial charge in [-0.15, -0.1) is 0 Å². The summed E-state index contributed by atoms with van der Waals surface area (Å²) >= 11 is 0. The molecule has 0 spiro atoms. The fraction of sp³-hybridized carbons (Fsp3) is 0.358. The molecule has 0 aliphatic carbocycles. The minimum absolute atomic E-state index is 0.0737. The van der Waals surface area contributed by atoms with Crippen LogP contribution in [-0.2, 0) is 23.8 Å². The number of nitrogens with one attached hydrogen (secondary N) is 3. The number of rotatable bonds is 32. The van der Waals surface area contributed by atoms with Gasteiger partial charge in [0, 0.05) is 52.9 Å². The molecule has 4 rings (SSSR count). The van der Waals surface area contributed by atoms with Crippen molar-refractivity contribution in [2.75, 3.05) is 46.7 Å². The number of hydrogen-bond donors (Lipinski definition) is 3. The summed E-state index contributed by atoms with van der Waals surface area (Å²) in [5, 5.41) is 26.8. The fourth-order valence-corrected chi connectivity index (χ4v) is 6.57. The van der Waals surface area contributed by atoms with Crippen LogP contribution in [0.15, 0.2) is 116 Å². The van der Waals surface area contributed by atoms with Gasteiger partial charge < -0.3 is 37.9 Å². The molecule has 0 saturated carbocycles. The lowest BCUT2D eigenvalue weighted by Gasteiger charge is -2.18. The molecule has 3 N–H and O–H groups in total. The molecule has 0 aliphatic rings. The quantitative estimate of drug-likeness (QED) is 0.0140. The SMILES string of the molecule is C=CC(=N)OCCCCCCOc1ccc2c(OC(=N)c3ccc(OCCCCCCOC(=O)C=C)cc3)cc(C=NC)c(OC(=N)c3ccc(OCCCCCCOC(=O)C=C)cc3)c2c1. The maximum absolute atomic E-state index is 11.2. The second-order valence-corrected chi connectivity index (χ2v) is 15.2. The smallest absolute Gasteiger partial charge is 0.330 e. The lowest BCUT2D eigenvalue weighted by atomic mass is 10.0. The van der Waals surface area contributed by atoms with Crippen LogP contribution in [0.2, 0.25) is 0 Å². The van der Waals surface area contributed by atoms with Gasteiger partial charge in [-0.2, -0.15) is 0 Å². The van der Waals surface area contributed by atoms with Crippen molar-refractivity contribution in [3.05, 3.63) is 127 Å². The first kappa shape index (κ1) is 52.4. The summed E-state index contributed by atoms with van der Waals surface area (Å²) in [4.78, 5) is 26.7. The van der Waals surface area contributed by atoms with Crippen LogP contribution >= 0.6 is 0 Å². The number of carbonyl (C=O) groups is 2. The fourth-order valence-electron chi connectivity index (χ4n) is 6.57. The highest BCUT2D eigenvalue weighted by Crippen LogP contribution is 2.39. The first-order valence-corrected chi connectivity index (χ1v) is 22.7. The van der Waals surface area contributed by atoms with E-state index >= 15 is 0 Å². The van der Waals surface area contributed by atoms with Crippen molar-refractivity contribution in [2.24, 2.45) is 4.99 Å². The number of nitrogens with zero attached hydrogens (tertiary/aromatic N) is 1. The summed E-state index contributed by atoms with van der Waals surface area (Å²) in [6, 6.07) is 21.6. The van der Waals surface area contributed by atoms with E-state index in [-0.39, 0.29) is 17.7 Å². The third-order valence-electron chi connectivity index (χ3n) is 10.2. The van der Waals surface area contributed by atoms with Crippen LogP contribution in [0.25, 0.3) is 10.8 Å². The molecule has 0 heterocycles. The van der Waals surface area contributed by atoms with Crippen LogP contribution in [-0.4, -0.2) is 82.5 Å². The number of hydrogen-bond acceptors (Lipinski definition) is 14. The van der Waals surface area contributed by atoms with Crippen molar-refractivity contribution in [1.82, 2.24) is 0 Å². The number of fused-ring (bicyclic) bond motifs is 1. The van der Waals surface area contributed by atoms with Gasteiger partial charge in [0.05, 0.1) is 39.6 Å². The molecule has 0 aliphatic heterocycles. The number of ether oxygens (including phenoxy) is 8. The van der Waals surface area contributed by atoms with Crippen LogP contribution < -0.4 is 23.7 Å². The maximum atomic E-state index is 11.2. The van der Waals surface area contributed by atoms with Gasteiger partial charge in [0.2, 0.25) is 17.7 Å². The third-order valence-corrected chi connectivity index (χ3v) is 10.2. The van der Waals surface area contributed by atoms with Crippen LogP contribution in [0.3, 0.4) is 0 Å². The van der Waals surface area contributed by atoms with Gasteiger partial charge in [0.25, 0.3) is 0 Å². The van der Waals surface area contributed by atoms with E-state index in [4.69, 9.17) is 54.1 Å². The lowest BCUT2D eigenvalue weighted by Crippen LogP contribution is -2.12. The van der Waals surface area contributed by atoms with Crippen molar-refractivity contribution in [3.63, 3.8) is 0 Å². The average molecular weight is 917 g/mol. The predicted octanol–water partition coefficient (Wildman–Crippen LogP) is 11.2. The molecule has 356 valence electrons. The molecule has 0 fully saturated rings. The minimum Gasteiger partial charge on any atom is -0.494 e. The highest BCUT2D eigenvalue weighted by atomic mass is 16.5. The van der Waals surface area contributed by atoms with Gasteiger partial charge in [0.1, 0.15) is 28.7 Å². The van der Waals surface area contributed by atoms with E-state index < -0.39 is 11.9 Å². The zero-order valence-electron chi connectivity index (χ0n) is 38.6. The predicted molar refractivity (Wildman–Crippen MR) is 263 cm³/mol.